The maximum atomic E-state index is 12.6. The number of aryl methyl sites for hydroxylation is 1. The van der Waals surface area contributed by atoms with Gasteiger partial charge in [-0.2, -0.15) is 5.10 Å². The SMILES string of the molecule is Cn1cnc2c1CC[C@H]2NC(=O)c1ccnn1COCC[Si](C)(C)C. The van der Waals surface area contributed by atoms with Crippen molar-refractivity contribution in [2.24, 2.45) is 7.05 Å². The van der Waals surface area contributed by atoms with E-state index in [9.17, 15) is 4.79 Å². The van der Waals surface area contributed by atoms with E-state index in [1.165, 1.54) is 5.69 Å². The molecule has 136 valence electrons. The zero-order valence-corrected chi connectivity index (χ0v) is 16.5. The summed E-state index contributed by atoms with van der Waals surface area (Å²) in [5.41, 5.74) is 2.71. The van der Waals surface area contributed by atoms with Crippen LogP contribution in [0.3, 0.4) is 0 Å². The Labute approximate surface area is 149 Å². The van der Waals surface area contributed by atoms with E-state index in [4.69, 9.17) is 4.74 Å². The minimum atomic E-state index is -1.11. The third kappa shape index (κ3) is 4.19. The van der Waals surface area contributed by atoms with Crippen LogP contribution in [0.1, 0.15) is 34.3 Å². The quantitative estimate of drug-likeness (QED) is 0.607. The summed E-state index contributed by atoms with van der Waals surface area (Å²) in [4.78, 5) is 17.1. The van der Waals surface area contributed by atoms with Crippen molar-refractivity contribution in [2.75, 3.05) is 6.61 Å². The zero-order chi connectivity index (χ0) is 18.0. The molecule has 0 unspecified atom stereocenters. The first-order valence-electron chi connectivity index (χ1n) is 8.76. The van der Waals surface area contributed by atoms with E-state index in [1.54, 1.807) is 23.3 Å². The number of hydrogen-bond acceptors (Lipinski definition) is 4. The first kappa shape index (κ1) is 17.9. The highest BCUT2D eigenvalue weighted by Crippen LogP contribution is 2.29. The molecule has 1 aliphatic carbocycles. The number of imidazole rings is 1. The van der Waals surface area contributed by atoms with Crippen molar-refractivity contribution >= 4 is 14.0 Å². The summed E-state index contributed by atoms with van der Waals surface area (Å²) in [5, 5.41) is 7.30. The molecule has 7 nitrogen and oxygen atoms in total. The number of hydrogen-bond donors (Lipinski definition) is 1. The standard InChI is InChI=1S/C17H27N5O2Si/c1-21-11-18-16-13(5-6-14(16)21)20-17(23)15-7-8-19-22(15)12-24-9-10-25(2,3)4/h7-8,11,13H,5-6,9-10,12H2,1-4H3,(H,20,23)/t13-/m1/s1. The Morgan fingerprint density at radius 2 is 2.24 bits per heavy atom. The zero-order valence-electron chi connectivity index (χ0n) is 15.5. The minimum Gasteiger partial charge on any atom is -0.360 e. The Hall–Kier alpha value is -1.93. The highest BCUT2D eigenvalue weighted by Gasteiger charge is 2.28. The fourth-order valence-corrected chi connectivity index (χ4v) is 3.77. The lowest BCUT2D eigenvalue weighted by atomic mass is 10.2. The fourth-order valence-electron chi connectivity index (χ4n) is 3.02. The van der Waals surface area contributed by atoms with Crippen LogP contribution in [0.15, 0.2) is 18.6 Å². The largest absolute Gasteiger partial charge is 0.360 e. The molecule has 2 heterocycles. The number of nitrogens with one attached hydrogen (secondary N) is 1. The highest BCUT2D eigenvalue weighted by atomic mass is 28.3. The van der Waals surface area contributed by atoms with Crippen molar-refractivity contribution in [2.45, 2.75) is 51.3 Å². The van der Waals surface area contributed by atoms with Gasteiger partial charge in [0.2, 0.25) is 0 Å². The predicted molar refractivity (Wildman–Crippen MR) is 98.1 cm³/mol. The number of fused-ring (bicyclic) bond motifs is 1. The summed E-state index contributed by atoms with van der Waals surface area (Å²) in [6.07, 6.45) is 5.27. The Balaban J connectivity index is 1.58. The molecular formula is C17H27N5O2Si. The van der Waals surface area contributed by atoms with Gasteiger partial charge in [-0.05, 0) is 25.0 Å². The van der Waals surface area contributed by atoms with E-state index in [1.807, 2.05) is 11.6 Å². The average molecular weight is 362 g/mol. The van der Waals surface area contributed by atoms with Crippen LogP contribution < -0.4 is 5.32 Å². The molecule has 25 heavy (non-hydrogen) atoms. The number of amides is 1. The van der Waals surface area contributed by atoms with Gasteiger partial charge in [0.15, 0.2) is 0 Å². The smallest absolute Gasteiger partial charge is 0.270 e. The van der Waals surface area contributed by atoms with Crippen molar-refractivity contribution in [1.82, 2.24) is 24.6 Å². The average Bonchev–Trinajstić information content (AvgIpc) is 3.22. The Kier molecular flexibility index (Phi) is 5.10. The summed E-state index contributed by atoms with van der Waals surface area (Å²) in [5.74, 6) is -0.130. The molecule has 0 fully saturated rings. The fraction of sp³-hybridized carbons (Fsp3) is 0.588. The van der Waals surface area contributed by atoms with Crippen LogP contribution in [0.25, 0.3) is 0 Å². The van der Waals surface area contributed by atoms with Crippen molar-refractivity contribution in [3.63, 3.8) is 0 Å². The van der Waals surface area contributed by atoms with Crippen LogP contribution in [0.5, 0.6) is 0 Å². The molecule has 1 amide bonds. The normalized spacial score (nSPS) is 16.9. The molecule has 0 saturated carbocycles. The van der Waals surface area contributed by atoms with E-state index >= 15 is 0 Å². The summed E-state index contributed by atoms with van der Waals surface area (Å²) >= 11 is 0. The molecular weight excluding hydrogens is 334 g/mol. The Morgan fingerprint density at radius 1 is 1.44 bits per heavy atom. The lowest BCUT2D eigenvalue weighted by Gasteiger charge is -2.16. The van der Waals surface area contributed by atoms with Gasteiger partial charge in [0.05, 0.1) is 18.1 Å². The number of nitrogens with zero attached hydrogens (tertiary/aromatic N) is 4. The predicted octanol–water partition coefficient (Wildman–Crippen LogP) is 2.35. The molecule has 0 bridgehead atoms. The third-order valence-electron chi connectivity index (χ3n) is 4.56. The number of carbonyl (C=O) groups excluding carboxylic acids is 1. The maximum Gasteiger partial charge on any atom is 0.270 e. The maximum absolute atomic E-state index is 12.6. The van der Waals surface area contributed by atoms with Crippen LogP contribution in [0.2, 0.25) is 25.7 Å². The molecule has 3 rings (SSSR count). The Morgan fingerprint density at radius 3 is 3.00 bits per heavy atom. The Bertz CT molecular complexity index is 747. The van der Waals surface area contributed by atoms with Crippen molar-refractivity contribution in [3.05, 3.63) is 35.7 Å². The van der Waals surface area contributed by atoms with Gasteiger partial charge in [0, 0.05) is 33.6 Å². The summed E-state index contributed by atoms with van der Waals surface area (Å²) in [6.45, 7) is 7.96. The molecule has 2 aromatic heterocycles. The molecule has 0 aromatic carbocycles. The van der Waals surface area contributed by atoms with Crippen LogP contribution >= 0.6 is 0 Å². The second-order valence-electron chi connectivity index (χ2n) is 7.82. The molecule has 1 N–H and O–H groups in total. The van der Waals surface area contributed by atoms with Gasteiger partial charge < -0.3 is 14.6 Å². The van der Waals surface area contributed by atoms with Gasteiger partial charge in [-0.3, -0.25) is 4.79 Å². The third-order valence-corrected chi connectivity index (χ3v) is 6.26. The van der Waals surface area contributed by atoms with Gasteiger partial charge in [0.1, 0.15) is 12.4 Å². The molecule has 0 aliphatic heterocycles. The van der Waals surface area contributed by atoms with Crippen molar-refractivity contribution < 1.29 is 9.53 Å². The van der Waals surface area contributed by atoms with Crippen molar-refractivity contribution in [3.8, 4) is 0 Å². The summed E-state index contributed by atoms with van der Waals surface area (Å²) < 4.78 is 9.36. The van der Waals surface area contributed by atoms with E-state index in [-0.39, 0.29) is 11.9 Å². The van der Waals surface area contributed by atoms with Crippen LogP contribution in [0, 0.1) is 0 Å². The molecule has 8 heteroatoms. The van der Waals surface area contributed by atoms with E-state index in [0.29, 0.717) is 19.0 Å². The number of ether oxygens (including phenoxy) is 1. The first-order chi connectivity index (χ1) is 11.8. The number of rotatable bonds is 7. The number of aromatic nitrogens is 4. The van der Waals surface area contributed by atoms with Crippen molar-refractivity contribution in [1.29, 1.82) is 0 Å². The van der Waals surface area contributed by atoms with Gasteiger partial charge in [0.25, 0.3) is 5.91 Å². The van der Waals surface area contributed by atoms with Crippen LogP contribution in [-0.4, -0.2) is 39.9 Å². The molecule has 0 saturated heterocycles. The summed E-state index contributed by atoms with van der Waals surface area (Å²) in [7, 11) is 0.875. The molecule has 0 radical (unpaired) electrons. The van der Waals surface area contributed by atoms with Gasteiger partial charge in [-0.25, -0.2) is 9.67 Å². The molecule has 1 aliphatic rings. The van der Waals surface area contributed by atoms with E-state index in [2.05, 4.69) is 35.0 Å². The topological polar surface area (TPSA) is 74.0 Å². The van der Waals surface area contributed by atoms with Gasteiger partial charge in [-0.15, -0.1) is 0 Å². The van der Waals surface area contributed by atoms with Crippen LogP contribution in [0.4, 0.5) is 0 Å². The molecule has 0 spiro atoms. The second kappa shape index (κ2) is 7.13. The molecule has 2 aromatic rings. The van der Waals surface area contributed by atoms with Gasteiger partial charge >= 0.3 is 0 Å². The highest BCUT2D eigenvalue weighted by molar-refractivity contribution is 6.76. The monoisotopic (exact) mass is 361 g/mol. The second-order valence-corrected chi connectivity index (χ2v) is 13.4. The van der Waals surface area contributed by atoms with Crippen LogP contribution in [-0.2, 0) is 24.9 Å². The lowest BCUT2D eigenvalue weighted by molar-refractivity contribution is 0.0715. The first-order valence-corrected chi connectivity index (χ1v) is 12.5. The van der Waals surface area contributed by atoms with E-state index in [0.717, 1.165) is 24.6 Å². The minimum absolute atomic E-state index is 0.0279. The lowest BCUT2D eigenvalue weighted by Crippen LogP contribution is -2.30. The number of carbonyl (C=O) groups is 1. The summed E-state index contributed by atoms with van der Waals surface area (Å²) in [6, 6.07) is 2.80. The van der Waals surface area contributed by atoms with E-state index < -0.39 is 8.07 Å². The van der Waals surface area contributed by atoms with Gasteiger partial charge in [-0.1, -0.05) is 19.6 Å². The molecule has 1 atom stereocenters.